The van der Waals surface area contributed by atoms with E-state index in [9.17, 15) is 4.79 Å². The third-order valence-electron chi connectivity index (χ3n) is 2.59. The summed E-state index contributed by atoms with van der Waals surface area (Å²) in [7, 11) is 1.60. The van der Waals surface area contributed by atoms with E-state index >= 15 is 0 Å². The molecule has 1 aromatic carbocycles. The highest BCUT2D eigenvalue weighted by Crippen LogP contribution is 2.14. The Hall–Kier alpha value is -2.41. The summed E-state index contributed by atoms with van der Waals surface area (Å²) in [6, 6.07) is 7.16. The number of nitrogens with zero attached hydrogens (tertiary/aromatic N) is 2. The summed E-state index contributed by atoms with van der Waals surface area (Å²) >= 11 is 0. The molecule has 0 spiro atoms. The van der Waals surface area contributed by atoms with E-state index in [1.807, 2.05) is 0 Å². The first-order valence-electron chi connectivity index (χ1n) is 6.18. The van der Waals surface area contributed by atoms with Gasteiger partial charge in [0.25, 0.3) is 0 Å². The van der Waals surface area contributed by atoms with Crippen LogP contribution in [-0.2, 0) is 11.2 Å². The molecule has 20 heavy (non-hydrogen) atoms. The molecule has 0 unspecified atom stereocenters. The molecule has 0 aliphatic rings. The molecule has 1 aromatic heterocycles. The third-order valence-corrected chi connectivity index (χ3v) is 2.59. The van der Waals surface area contributed by atoms with Crippen molar-refractivity contribution in [3.05, 3.63) is 36.5 Å². The molecule has 7 nitrogen and oxygen atoms in total. The number of carbonyl (C=O) groups excluding carboxylic acids is 1. The van der Waals surface area contributed by atoms with E-state index in [1.54, 1.807) is 31.4 Å². The molecule has 0 aliphatic heterocycles. The standard InChI is InChI=1S/C13H16N4O3/c1-19-11-4-2-10(3-5-11)16-13(18)8-14-7-6-12-15-9-20-17-12/h2-5,9,14H,6-8H2,1H3,(H,16,18). The number of carbonyl (C=O) groups is 1. The number of ether oxygens (including phenoxy) is 1. The van der Waals surface area contributed by atoms with E-state index in [4.69, 9.17) is 4.74 Å². The van der Waals surface area contributed by atoms with Gasteiger partial charge in [0, 0.05) is 18.7 Å². The third kappa shape index (κ3) is 4.36. The van der Waals surface area contributed by atoms with Gasteiger partial charge in [-0.05, 0) is 24.3 Å². The van der Waals surface area contributed by atoms with Crippen molar-refractivity contribution in [2.24, 2.45) is 0 Å². The van der Waals surface area contributed by atoms with Gasteiger partial charge in [0.2, 0.25) is 12.3 Å². The first kappa shape index (κ1) is 14.0. The fourth-order valence-electron chi connectivity index (χ4n) is 1.58. The summed E-state index contributed by atoms with van der Waals surface area (Å²) in [5.74, 6) is 1.26. The molecule has 1 heterocycles. The molecule has 2 rings (SSSR count). The lowest BCUT2D eigenvalue weighted by Crippen LogP contribution is -2.29. The predicted molar refractivity (Wildman–Crippen MR) is 72.5 cm³/mol. The maximum Gasteiger partial charge on any atom is 0.238 e. The minimum Gasteiger partial charge on any atom is -0.497 e. The molecular weight excluding hydrogens is 260 g/mol. The van der Waals surface area contributed by atoms with Crippen molar-refractivity contribution in [3.8, 4) is 5.75 Å². The Morgan fingerprint density at radius 1 is 1.35 bits per heavy atom. The normalized spacial score (nSPS) is 10.2. The molecule has 0 saturated carbocycles. The number of benzene rings is 1. The Labute approximate surface area is 116 Å². The second-order valence-electron chi connectivity index (χ2n) is 4.05. The van der Waals surface area contributed by atoms with Crippen molar-refractivity contribution in [1.82, 2.24) is 15.5 Å². The molecule has 7 heteroatoms. The quantitative estimate of drug-likeness (QED) is 0.729. The number of amides is 1. The number of hydrogen-bond acceptors (Lipinski definition) is 6. The SMILES string of the molecule is COc1ccc(NC(=O)CNCCc2ncon2)cc1. The van der Waals surface area contributed by atoms with Gasteiger partial charge < -0.3 is 19.9 Å². The maximum atomic E-state index is 11.7. The average Bonchev–Trinajstić information content (AvgIpc) is 2.98. The summed E-state index contributed by atoms with van der Waals surface area (Å²) in [5, 5.41) is 9.47. The summed E-state index contributed by atoms with van der Waals surface area (Å²) in [4.78, 5) is 15.6. The molecule has 1 amide bonds. The Morgan fingerprint density at radius 2 is 2.15 bits per heavy atom. The fourth-order valence-corrected chi connectivity index (χ4v) is 1.58. The Balaban J connectivity index is 1.66. The van der Waals surface area contributed by atoms with Crippen LogP contribution < -0.4 is 15.4 Å². The number of aromatic nitrogens is 2. The average molecular weight is 276 g/mol. The molecule has 0 aliphatic carbocycles. The van der Waals surface area contributed by atoms with Crippen molar-refractivity contribution in [3.63, 3.8) is 0 Å². The highest BCUT2D eigenvalue weighted by atomic mass is 16.5. The fraction of sp³-hybridized carbons (Fsp3) is 0.308. The van der Waals surface area contributed by atoms with Crippen molar-refractivity contribution in [2.75, 3.05) is 25.5 Å². The van der Waals surface area contributed by atoms with Crippen LogP contribution in [0.1, 0.15) is 5.82 Å². The van der Waals surface area contributed by atoms with Gasteiger partial charge in [-0.3, -0.25) is 4.79 Å². The van der Waals surface area contributed by atoms with Crippen LogP contribution in [0.4, 0.5) is 5.69 Å². The van der Waals surface area contributed by atoms with Gasteiger partial charge >= 0.3 is 0 Å². The van der Waals surface area contributed by atoms with Crippen LogP contribution in [0.2, 0.25) is 0 Å². The number of anilines is 1. The van der Waals surface area contributed by atoms with E-state index < -0.39 is 0 Å². The monoisotopic (exact) mass is 276 g/mol. The number of hydrogen-bond donors (Lipinski definition) is 2. The highest BCUT2D eigenvalue weighted by molar-refractivity contribution is 5.92. The summed E-state index contributed by atoms with van der Waals surface area (Å²) in [6.45, 7) is 0.833. The molecule has 106 valence electrons. The smallest absolute Gasteiger partial charge is 0.238 e. The molecule has 2 N–H and O–H groups in total. The van der Waals surface area contributed by atoms with E-state index in [0.717, 1.165) is 11.4 Å². The number of nitrogens with one attached hydrogen (secondary N) is 2. The van der Waals surface area contributed by atoms with Gasteiger partial charge in [-0.1, -0.05) is 5.16 Å². The van der Waals surface area contributed by atoms with Gasteiger partial charge in [-0.2, -0.15) is 4.98 Å². The van der Waals surface area contributed by atoms with Crippen LogP contribution in [-0.4, -0.2) is 36.2 Å². The van der Waals surface area contributed by atoms with Crippen molar-refractivity contribution < 1.29 is 14.1 Å². The first-order chi connectivity index (χ1) is 9.78. The van der Waals surface area contributed by atoms with Crippen LogP contribution >= 0.6 is 0 Å². The topological polar surface area (TPSA) is 89.3 Å². The van der Waals surface area contributed by atoms with Gasteiger partial charge in [-0.25, -0.2) is 0 Å². The Kier molecular flexibility index (Phi) is 5.08. The molecule has 0 atom stereocenters. The second-order valence-corrected chi connectivity index (χ2v) is 4.05. The van der Waals surface area contributed by atoms with Gasteiger partial charge in [0.05, 0.1) is 13.7 Å². The molecule has 0 bridgehead atoms. The van der Waals surface area contributed by atoms with Crippen LogP contribution in [0.3, 0.4) is 0 Å². The number of methoxy groups -OCH3 is 1. The maximum absolute atomic E-state index is 11.7. The summed E-state index contributed by atoms with van der Waals surface area (Å²) < 4.78 is 9.66. The molecule has 0 fully saturated rings. The highest BCUT2D eigenvalue weighted by Gasteiger charge is 2.03. The van der Waals surface area contributed by atoms with E-state index in [1.165, 1.54) is 6.39 Å². The zero-order valence-electron chi connectivity index (χ0n) is 11.1. The molecule has 2 aromatic rings. The molecule has 0 saturated heterocycles. The Bertz CT molecular complexity index is 525. The van der Waals surface area contributed by atoms with Crippen LogP contribution in [0.15, 0.2) is 35.2 Å². The molecular formula is C13H16N4O3. The van der Waals surface area contributed by atoms with Crippen molar-refractivity contribution in [1.29, 1.82) is 0 Å². The minimum absolute atomic E-state index is 0.108. The van der Waals surface area contributed by atoms with E-state index in [0.29, 0.717) is 18.8 Å². The Morgan fingerprint density at radius 3 is 2.80 bits per heavy atom. The van der Waals surface area contributed by atoms with Gasteiger partial charge in [0.1, 0.15) is 5.75 Å². The van der Waals surface area contributed by atoms with Gasteiger partial charge in [-0.15, -0.1) is 0 Å². The lowest BCUT2D eigenvalue weighted by Gasteiger charge is -2.07. The predicted octanol–water partition coefficient (Wildman–Crippen LogP) is 0.849. The lowest BCUT2D eigenvalue weighted by molar-refractivity contribution is -0.115. The largest absolute Gasteiger partial charge is 0.497 e. The van der Waals surface area contributed by atoms with Crippen molar-refractivity contribution >= 4 is 11.6 Å². The zero-order chi connectivity index (χ0) is 14.2. The minimum atomic E-state index is -0.108. The van der Waals surface area contributed by atoms with Crippen LogP contribution in [0.25, 0.3) is 0 Å². The summed E-state index contributed by atoms with van der Waals surface area (Å²) in [6.07, 6.45) is 1.90. The molecule has 0 radical (unpaired) electrons. The summed E-state index contributed by atoms with van der Waals surface area (Å²) in [5.41, 5.74) is 0.732. The lowest BCUT2D eigenvalue weighted by atomic mass is 10.3. The first-order valence-corrected chi connectivity index (χ1v) is 6.18. The van der Waals surface area contributed by atoms with E-state index in [2.05, 4.69) is 25.3 Å². The van der Waals surface area contributed by atoms with Gasteiger partial charge in [0.15, 0.2) is 5.82 Å². The van der Waals surface area contributed by atoms with E-state index in [-0.39, 0.29) is 12.5 Å². The zero-order valence-corrected chi connectivity index (χ0v) is 11.1. The number of rotatable bonds is 7. The van der Waals surface area contributed by atoms with Crippen LogP contribution in [0.5, 0.6) is 5.75 Å². The van der Waals surface area contributed by atoms with Crippen LogP contribution in [0, 0.1) is 0 Å². The van der Waals surface area contributed by atoms with Crippen molar-refractivity contribution in [2.45, 2.75) is 6.42 Å². The second kappa shape index (κ2) is 7.25.